The molecule has 0 aromatic carbocycles. The lowest BCUT2D eigenvalue weighted by molar-refractivity contribution is -0.158. The molecule has 0 bridgehead atoms. The summed E-state index contributed by atoms with van der Waals surface area (Å²) in [5, 5.41) is 9.93. The summed E-state index contributed by atoms with van der Waals surface area (Å²) >= 11 is 0. The lowest BCUT2D eigenvalue weighted by Gasteiger charge is -2.33. The zero-order valence-electron chi connectivity index (χ0n) is 14.2. The average Bonchev–Trinajstić information content (AvgIpc) is 2.51. The van der Waals surface area contributed by atoms with Gasteiger partial charge in [0.2, 0.25) is 0 Å². The monoisotopic (exact) mass is 300 g/mol. The lowest BCUT2D eigenvalue weighted by atomic mass is 9.78. The predicted molar refractivity (Wildman–Crippen MR) is 87.3 cm³/mol. The predicted octanol–water partition coefficient (Wildman–Crippen LogP) is 4.67. The Bertz CT molecular complexity index is 233. The summed E-state index contributed by atoms with van der Waals surface area (Å²) in [4.78, 5) is 0. The van der Waals surface area contributed by atoms with Crippen LogP contribution in [0.1, 0.15) is 84.5 Å². The molecule has 0 aromatic rings. The Morgan fingerprint density at radius 3 is 2.05 bits per heavy atom. The SMILES string of the molecule is CCCCOC(C)OCC1(CO)CCCCCCCCC1. The van der Waals surface area contributed by atoms with Crippen molar-refractivity contribution < 1.29 is 14.6 Å². The van der Waals surface area contributed by atoms with Gasteiger partial charge in [0.1, 0.15) is 0 Å². The highest BCUT2D eigenvalue weighted by Crippen LogP contribution is 2.33. The van der Waals surface area contributed by atoms with Crippen molar-refractivity contribution in [3.05, 3.63) is 0 Å². The number of hydrogen-bond acceptors (Lipinski definition) is 3. The Balaban J connectivity index is 2.39. The standard InChI is InChI=1S/C18H36O3/c1-3-4-14-20-17(2)21-16-18(15-19)12-10-8-6-5-7-9-11-13-18/h17,19H,3-16H2,1-2H3. The number of aliphatic hydroxyl groups excluding tert-OH is 1. The molecule has 0 heterocycles. The van der Waals surface area contributed by atoms with Gasteiger partial charge in [-0.25, -0.2) is 0 Å². The first-order valence-electron chi connectivity index (χ1n) is 9.06. The first-order chi connectivity index (χ1) is 10.2. The number of rotatable bonds is 8. The molecule has 0 aromatic heterocycles. The maximum atomic E-state index is 9.93. The van der Waals surface area contributed by atoms with Crippen molar-refractivity contribution in [1.82, 2.24) is 0 Å². The molecular formula is C18H36O3. The third-order valence-corrected chi connectivity index (χ3v) is 4.72. The molecule has 0 spiro atoms. The van der Waals surface area contributed by atoms with E-state index in [1.54, 1.807) is 0 Å². The van der Waals surface area contributed by atoms with Gasteiger partial charge in [0.15, 0.2) is 6.29 Å². The minimum atomic E-state index is -0.157. The maximum absolute atomic E-state index is 9.93. The van der Waals surface area contributed by atoms with Crippen LogP contribution in [0.3, 0.4) is 0 Å². The fourth-order valence-electron chi connectivity index (χ4n) is 3.09. The van der Waals surface area contributed by atoms with Gasteiger partial charge in [0.05, 0.1) is 13.2 Å². The molecule has 3 nitrogen and oxygen atoms in total. The van der Waals surface area contributed by atoms with Crippen LogP contribution in [0, 0.1) is 5.41 Å². The normalized spacial score (nSPS) is 21.9. The molecule has 1 N–H and O–H groups in total. The molecule has 1 saturated carbocycles. The van der Waals surface area contributed by atoms with E-state index < -0.39 is 0 Å². The van der Waals surface area contributed by atoms with Crippen LogP contribution in [0.4, 0.5) is 0 Å². The molecule has 21 heavy (non-hydrogen) atoms. The van der Waals surface area contributed by atoms with E-state index in [0.717, 1.165) is 32.3 Å². The van der Waals surface area contributed by atoms with Gasteiger partial charge in [-0.3, -0.25) is 0 Å². The van der Waals surface area contributed by atoms with Crippen molar-refractivity contribution >= 4 is 0 Å². The smallest absolute Gasteiger partial charge is 0.154 e. The molecule has 1 aliphatic carbocycles. The summed E-state index contributed by atoms with van der Waals surface area (Å²) in [5.41, 5.74) is -0.0419. The Morgan fingerprint density at radius 1 is 0.952 bits per heavy atom. The third kappa shape index (κ3) is 8.18. The van der Waals surface area contributed by atoms with Crippen molar-refractivity contribution in [2.45, 2.75) is 90.8 Å². The van der Waals surface area contributed by atoms with E-state index >= 15 is 0 Å². The average molecular weight is 300 g/mol. The van der Waals surface area contributed by atoms with Crippen LogP contribution in [0.25, 0.3) is 0 Å². The fraction of sp³-hybridized carbons (Fsp3) is 1.00. The second-order valence-electron chi connectivity index (χ2n) is 6.74. The Kier molecular flexibility index (Phi) is 10.3. The summed E-state index contributed by atoms with van der Waals surface area (Å²) < 4.78 is 11.6. The van der Waals surface area contributed by atoms with E-state index in [1.165, 1.54) is 44.9 Å². The molecule has 0 saturated heterocycles. The largest absolute Gasteiger partial charge is 0.396 e. The summed E-state index contributed by atoms with van der Waals surface area (Å²) in [5.74, 6) is 0. The molecule has 126 valence electrons. The summed E-state index contributed by atoms with van der Waals surface area (Å²) in [6.45, 7) is 5.78. The molecule has 1 fully saturated rings. The molecule has 0 radical (unpaired) electrons. The van der Waals surface area contributed by atoms with Gasteiger partial charge in [-0.2, -0.15) is 0 Å². The Labute approximate surface area is 131 Å². The van der Waals surface area contributed by atoms with E-state index in [4.69, 9.17) is 9.47 Å². The molecule has 3 heteroatoms. The summed E-state index contributed by atoms with van der Waals surface area (Å²) in [7, 11) is 0. The van der Waals surface area contributed by atoms with E-state index in [2.05, 4.69) is 6.92 Å². The molecule has 1 rings (SSSR count). The van der Waals surface area contributed by atoms with Gasteiger partial charge in [-0.1, -0.05) is 58.3 Å². The van der Waals surface area contributed by atoms with Gasteiger partial charge < -0.3 is 14.6 Å². The van der Waals surface area contributed by atoms with Crippen molar-refractivity contribution in [3.63, 3.8) is 0 Å². The van der Waals surface area contributed by atoms with Crippen molar-refractivity contribution in [2.75, 3.05) is 19.8 Å². The van der Waals surface area contributed by atoms with E-state index in [1.807, 2.05) is 6.92 Å². The highest BCUT2D eigenvalue weighted by molar-refractivity contribution is 4.79. The first-order valence-corrected chi connectivity index (χ1v) is 9.06. The maximum Gasteiger partial charge on any atom is 0.154 e. The first kappa shape index (κ1) is 18.9. The van der Waals surface area contributed by atoms with E-state index in [0.29, 0.717) is 6.61 Å². The van der Waals surface area contributed by atoms with Gasteiger partial charge in [-0.05, 0) is 26.2 Å². The third-order valence-electron chi connectivity index (χ3n) is 4.72. The van der Waals surface area contributed by atoms with Crippen LogP contribution < -0.4 is 0 Å². The zero-order chi connectivity index (χ0) is 15.4. The second kappa shape index (κ2) is 11.4. The van der Waals surface area contributed by atoms with Crippen LogP contribution in [0.2, 0.25) is 0 Å². The van der Waals surface area contributed by atoms with Gasteiger partial charge in [0, 0.05) is 12.0 Å². The summed E-state index contributed by atoms with van der Waals surface area (Å²) in [6, 6.07) is 0. The molecule has 1 aliphatic rings. The Hall–Kier alpha value is -0.120. The fourth-order valence-corrected chi connectivity index (χ4v) is 3.09. The second-order valence-corrected chi connectivity index (χ2v) is 6.74. The van der Waals surface area contributed by atoms with E-state index in [-0.39, 0.29) is 18.3 Å². The highest BCUT2D eigenvalue weighted by atomic mass is 16.7. The lowest BCUT2D eigenvalue weighted by Crippen LogP contribution is -2.33. The highest BCUT2D eigenvalue weighted by Gasteiger charge is 2.30. The zero-order valence-corrected chi connectivity index (χ0v) is 14.2. The Morgan fingerprint density at radius 2 is 1.52 bits per heavy atom. The molecule has 0 amide bonds. The van der Waals surface area contributed by atoms with Crippen LogP contribution in [0.15, 0.2) is 0 Å². The number of unbranched alkanes of at least 4 members (excludes halogenated alkanes) is 1. The van der Waals surface area contributed by atoms with Crippen molar-refractivity contribution in [3.8, 4) is 0 Å². The van der Waals surface area contributed by atoms with Gasteiger partial charge in [-0.15, -0.1) is 0 Å². The summed E-state index contributed by atoms with van der Waals surface area (Å²) in [6.07, 6.45) is 13.3. The molecule has 1 unspecified atom stereocenters. The minimum Gasteiger partial charge on any atom is -0.396 e. The van der Waals surface area contributed by atoms with Gasteiger partial charge >= 0.3 is 0 Å². The number of aliphatic hydroxyl groups is 1. The number of hydrogen-bond donors (Lipinski definition) is 1. The minimum absolute atomic E-state index is 0.0419. The van der Waals surface area contributed by atoms with Crippen LogP contribution in [0.5, 0.6) is 0 Å². The van der Waals surface area contributed by atoms with Gasteiger partial charge in [0.25, 0.3) is 0 Å². The topological polar surface area (TPSA) is 38.7 Å². The van der Waals surface area contributed by atoms with Crippen molar-refractivity contribution in [1.29, 1.82) is 0 Å². The molecule has 0 aliphatic heterocycles. The quantitative estimate of drug-likeness (QED) is 0.523. The molecular weight excluding hydrogens is 264 g/mol. The van der Waals surface area contributed by atoms with Crippen LogP contribution >= 0.6 is 0 Å². The van der Waals surface area contributed by atoms with Crippen LogP contribution in [-0.4, -0.2) is 31.2 Å². The van der Waals surface area contributed by atoms with Crippen LogP contribution in [-0.2, 0) is 9.47 Å². The number of ether oxygens (including phenoxy) is 2. The van der Waals surface area contributed by atoms with E-state index in [9.17, 15) is 5.11 Å². The van der Waals surface area contributed by atoms with Crippen molar-refractivity contribution in [2.24, 2.45) is 5.41 Å². The molecule has 1 atom stereocenters.